The van der Waals surface area contributed by atoms with Gasteiger partial charge in [0, 0.05) is 26.4 Å². The number of carbonyl (C=O) groups excluding carboxylic acids is 1. The summed E-state index contributed by atoms with van der Waals surface area (Å²) in [5.74, 6) is 0.0451. The highest BCUT2D eigenvalue weighted by Crippen LogP contribution is 2.46. The molecule has 0 aromatic rings. The Morgan fingerprint density at radius 2 is 2.30 bits per heavy atom. The minimum absolute atomic E-state index is 0.0451. The average Bonchev–Trinajstić information content (AvgIpc) is 3.27. The van der Waals surface area contributed by atoms with Crippen molar-refractivity contribution in [2.75, 3.05) is 33.5 Å². The molecular weight excluding hydrogens is 254 g/mol. The molecule has 4 N–H and O–H groups in total. The molecule has 0 aromatic heterocycles. The van der Waals surface area contributed by atoms with Crippen molar-refractivity contribution in [3.8, 4) is 6.07 Å². The van der Waals surface area contributed by atoms with E-state index in [4.69, 9.17) is 11.0 Å². The monoisotopic (exact) mass is 279 g/mol. The summed E-state index contributed by atoms with van der Waals surface area (Å²) in [5.41, 5.74) is 5.77. The highest BCUT2D eigenvalue weighted by Gasteiger charge is 2.52. The van der Waals surface area contributed by atoms with Gasteiger partial charge < -0.3 is 16.0 Å². The Balaban J connectivity index is 0.000000286. The molecule has 6 heteroatoms. The van der Waals surface area contributed by atoms with Gasteiger partial charge in [-0.05, 0) is 33.2 Å². The number of nitrogens with two attached hydrogens (primary N) is 1. The maximum absolute atomic E-state index is 11.9. The predicted octanol–water partition coefficient (Wildman–Crippen LogP) is 0.138. The molecule has 0 aromatic carbocycles. The van der Waals surface area contributed by atoms with E-state index in [9.17, 15) is 4.79 Å². The maximum Gasteiger partial charge on any atom is 0.243 e. The lowest BCUT2D eigenvalue weighted by Gasteiger charge is -2.27. The van der Waals surface area contributed by atoms with Crippen LogP contribution in [0.2, 0.25) is 0 Å². The number of carbonyl (C=O) groups is 1. The quantitative estimate of drug-likeness (QED) is 0.386. The van der Waals surface area contributed by atoms with Crippen molar-refractivity contribution in [3.05, 3.63) is 11.6 Å². The van der Waals surface area contributed by atoms with Crippen molar-refractivity contribution in [1.82, 2.24) is 15.5 Å². The molecule has 1 aliphatic carbocycles. The van der Waals surface area contributed by atoms with E-state index in [0.29, 0.717) is 13.2 Å². The number of hydrogen-bond acceptors (Lipinski definition) is 5. The third-order valence-electron chi connectivity index (χ3n) is 3.54. The van der Waals surface area contributed by atoms with Crippen LogP contribution in [0.25, 0.3) is 0 Å². The third kappa shape index (κ3) is 4.60. The van der Waals surface area contributed by atoms with Crippen LogP contribution in [-0.4, -0.2) is 44.3 Å². The van der Waals surface area contributed by atoms with Crippen LogP contribution in [-0.2, 0) is 4.79 Å². The molecule has 1 heterocycles. The molecular formula is C14H25N5O. The Bertz CT molecular complexity index is 391. The summed E-state index contributed by atoms with van der Waals surface area (Å²) in [7, 11) is 1.86. The topological polar surface area (TPSA) is 94.2 Å². The number of nitrogens with zero attached hydrogens (tertiary/aromatic N) is 2. The second-order valence-electron chi connectivity index (χ2n) is 5.23. The number of hydrogen-bond donors (Lipinski definition) is 3. The van der Waals surface area contributed by atoms with Gasteiger partial charge in [0.2, 0.25) is 5.91 Å². The largest absolute Gasteiger partial charge is 0.337 e. The summed E-state index contributed by atoms with van der Waals surface area (Å²) < 4.78 is 0. The fourth-order valence-corrected chi connectivity index (χ4v) is 1.95. The first-order valence-corrected chi connectivity index (χ1v) is 7.01. The summed E-state index contributed by atoms with van der Waals surface area (Å²) in [6.07, 6.45) is 4.53. The van der Waals surface area contributed by atoms with Crippen LogP contribution in [0, 0.1) is 16.7 Å². The average molecular weight is 279 g/mol. The van der Waals surface area contributed by atoms with E-state index in [0.717, 1.165) is 32.5 Å². The van der Waals surface area contributed by atoms with E-state index in [2.05, 4.69) is 29.7 Å². The number of nitriles is 1. The van der Waals surface area contributed by atoms with Crippen LogP contribution in [0.4, 0.5) is 0 Å². The number of rotatable bonds is 4. The van der Waals surface area contributed by atoms with Gasteiger partial charge in [0.05, 0.1) is 6.07 Å². The van der Waals surface area contributed by atoms with E-state index in [1.165, 1.54) is 5.57 Å². The molecule has 0 radical (unpaired) electrons. The van der Waals surface area contributed by atoms with Crippen LogP contribution in [0.1, 0.15) is 26.2 Å². The van der Waals surface area contributed by atoms with Gasteiger partial charge >= 0.3 is 0 Å². The Morgan fingerprint density at radius 1 is 1.60 bits per heavy atom. The van der Waals surface area contributed by atoms with E-state index in [-0.39, 0.29) is 5.91 Å². The van der Waals surface area contributed by atoms with Crippen LogP contribution in [0.5, 0.6) is 0 Å². The molecule has 0 unspecified atom stereocenters. The van der Waals surface area contributed by atoms with Gasteiger partial charge in [0.15, 0.2) is 0 Å². The molecule has 0 bridgehead atoms. The first kappa shape index (κ1) is 16.6. The highest BCUT2D eigenvalue weighted by atomic mass is 16.2. The van der Waals surface area contributed by atoms with Crippen molar-refractivity contribution in [2.45, 2.75) is 26.2 Å². The second kappa shape index (κ2) is 8.00. The molecule has 2 rings (SSSR count). The molecule has 20 heavy (non-hydrogen) atoms. The zero-order valence-corrected chi connectivity index (χ0v) is 12.4. The normalized spacial score (nSPS) is 19.3. The lowest BCUT2D eigenvalue weighted by atomic mass is 10.0. The minimum Gasteiger partial charge on any atom is -0.337 e. The fourth-order valence-electron chi connectivity index (χ4n) is 1.95. The van der Waals surface area contributed by atoms with Gasteiger partial charge in [-0.1, -0.05) is 11.6 Å². The van der Waals surface area contributed by atoms with Crippen molar-refractivity contribution in [2.24, 2.45) is 11.1 Å². The summed E-state index contributed by atoms with van der Waals surface area (Å²) >= 11 is 0. The molecule has 0 saturated heterocycles. The lowest BCUT2D eigenvalue weighted by Crippen LogP contribution is -2.39. The Morgan fingerprint density at radius 3 is 2.65 bits per heavy atom. The summed E-state index contributed by atoms with van der Waals surface area (Å²) in [6.45, 7) is 4.88. The van der Waals surface area contributed by atoms with E-state index in [1.807, 2.05) is 11.9 Å². The molecule has 1 aliphatic heterocycles. The molecule has 2 aliphatic rings. The summed E-state index contributed by atoms with van der Waals surface area (Å²) in [4.78, 5) is 13.7. The van der Waals surface area contributed by atoms with Crippen LogP contribution in [0.15, 0.2) is 11.6 Å². The van der Waals surface area contributed by atoms with Crippen molar-refractivity contribution in [3.63, 3.8) is 0 Å². The van der Waals surface area contributed by atoms with Gasteiger partial charge in [-0.15, -0.1) is 0 Å². The van der Waals surface area contributed by atoms with Gasteiger partial charge in [-0.3, -0.25) is 10.1 Å². The first-order valence-electron chi connectivity index (χ1n) is 7.01. The van der Waals surface area contributed by atoms with Crippen molar-refractivity contribution < 1.29 is 4.79 Å². The van der Waals surface area contributed by atoms with Crippen LogP contribution in [0.3, 0.4) is 0 Å². The lowest BCUT2D eigenvalue weighted by molar-refractivity contribution is -0.134. The Labute approximate surface area is 121 Å². The van der Waals surface area contributed by atoms with E-state index >= 15 is 0 Å². The highest BCUT2D eigenvalue weighted by molar-refractivity contribution is 5.88. The van der Waals surface area contributed by atoms with E-state index < -0.39 is 5.41 Å². The molecule has 0 spiro atoms. The molecule has 6 nitrogen and oxygen atoms in total. The minimum atomic E-state index is -0.640. The Kier molecular flexibility index (Phi) is 6.65. The molecule has 1 fully saturated rings. The molecule has 1 amide bonds. The Hall–Kier alpha value is -1.42. The molecule has 1 saturated carbocycles. The molecule has 0 atom stereocenters. The van der Waals surface area contributed by atoms with E-state index in [1.54, 1.807) is 0 Å². The van der Waals surface area contributed by atoms with Gasteiger partial charge in [0.1, 0.15) is 5.41 Å². The number of nitrogens with one attached hydrogen (secondary N) is 2. The zero-order chi connectivity index (χ0) is 15.0. The summed E-state index contributed by atoms with van der Waals surface area (Å²) in [6, 6.07) is 2.15. The first-order chi connectivity index (χ1) is 9.59. The van der Waals surface area contributed by atoms with Gasteiger partial charge in [-0.2, -0.15) is 5.26 Å². The fraction of sp³-hybridized carbons (Fsp3) is 0.714. The second-order valence-corrected chi connectivity index (χ2v) is 5.23. The zero-order valence-electron chi connectivity index (χ0n) is 12.4. The SMILES string of the molecule is CC1=CCN(C(=O)C2(C#N)CC2)CC1.CNCNCN. The van der Waals surface area contributed by atoms with Gasteiger partial charge in [0.25, 0.3) is 0 Å². The smallest absolute Gasteiger partial charge is 0.243 e. The third-order valence-corrected chi connectivity index (χ3v) is 3.54. The standard InChI is InChI=1S/C11H14N2O.C3H11N3/c1-9-2-6-13(7-3-9)10(14)11(8-12)4-5-11;1-5-3-6-2-4/h2H,3-7H2,1H3;5-6H,2-4H2,1H3. The molecule has 112 valence electrons. The summed E-state index contributed by atoms with van der Waals surface area (Å²) in [5, 5.41) is 14.6. The number of amides is 1. The predicted molar refractivity (Wildman–Crippen MR) is 78.4 cm³/mol. The van der Waals surface area contributed by atoms with Crippen LogP contribution >= 0.6 is 0 Å². The van der Waals surface area contributed by atoms with Gasteiger partial charge in [-0.25, -0.2) is 0 Å². The maximum atomic E-state index is 11.9. The van der Waals surface area contributed by atoms with Crippen molar-refractivity contribution in [1.29, 1.82) is 5.26 Å². The van der Waals surface area contributed by atoms with Crippen molar-refractivity contribution >= 4 is 5.91 Å². The van der Waals surface area contributed by atoms with Crippen LogP contribution < -0.4 is 16.4 Å².